The van der Waals surface area contributed by atoms with Crippen LogP contribution in [0.5, 0.6) is 0 Å². The van der Waals surface area contributed by atoms with Gasteiger partial charge >= 0.3 is 5.69 Å². The van der Waals surface area contributed by atoms with Crippen LogP contribution in [-0.2, 0) is 0 Å². The number of carbonyl (C=O) groups is 1. The number of aliphatic hydroxyl groups excluding tert-OH is 1. The lowest BCUT2D eigenvalue weighted by atomic mass is 9.89. The predicted octanol–water partition coefficient (Wildman–Crippen LogP) is 0.987. The number of benzene rings is 1. The number of hydrogen-bond acceptors (Lipinski definition) is 4. The number of nitrogens with zero attached hydrogens (tertiary/aromatic N) is 1. The van der Waals surface area contributed by atoms with Gasteiger partial charge in [0.25, 0.3) is 5.91 Å². The fourth-order valence-corrected chi connectivity index (χ4v) is 1.77. The molecule has 0 atom stereocenters. The van der Waals surface area contributed by atoms with Gasteiger partial charge in [-0.05, 0) is 25.0 Å². The van der Waals surface area contributed by atoms with Crippen molar-refractivity contribution < 1.29 is 19.2 Å². The van der Waals surface area contributed by atoms with Crippen LogP contribution in [0.25, 0.3) is 0 Å². The van der Waals surface area contributed by atoms with E-state index in [0.29, 0.717) is 12.8 Å². The van der Waals surface area contributed by atoms with Crippen molar-refractivity contribution in [1.29, 1.82) is 0 Å². The minimum absolute atomic E-state index is 0.0273. The van der Waals surface area contributed by atoms with Gasteiger partial charge in [0, 0.05) is 17.7 Å². The zero-order valence-electron chi connectivity index (χ0n) is 9.30. The zero-order chi connectivity index (χ0) is 13.3. The quantitative estimate of drug-likeness (QED) is 0.621. The lowest BCUT2D eigenvalue weighted by molar-refractivity contribution is -0.387. The number of carbonyl (C=O) groups excluding carboxylic acids is 1. The highest BCUT2D eigenvalue weighted by Crippen LogP contribution is 2.21. The number of halogens is 1. The van der Waals surface area contributed by atoms with Crippen molar-refractivity contribution in [3.8, 4) is 0 Å². The Kier molecular flexibility index (Phi) is 3.24. The lowest BCUT2D eigenvalue weighted by Gasteiger charge is -2.31. The van der Waals surface area contributed by atoms with E-state index in [4.69, 9.17) is 5.11 Å². The molecule has 6 nitrogen and oxygen atoms in total. The molecule has 0 bridgehead atoms. The van der Waals surface area contributed by atoms with Gasteiger partial charge in [-0.2, -0.15) is 4.39 Å². The van der Waals surface area contributed by atoms with Gasteiger partial charge in [-0.15, -0.1) is 0 Å². The summed E-state index contributed by atoms with van der Waals surface area (Å²) in [7, 11) is 0. The number of rotatable bonds is 3. The molecule has 1 aliphatic carbocycles. The van der Waals surface area contributed by atoms with E-state index in [1.165, 1.54) is 6.07 Å². The molecule has 0 unspecified atom stereocenters. The molecule has 18 heavy (non-hydrogen) atoms. The average molecular weight is 254 g/mol. The van der Waals surface area contributed by atoms with E-state index in [1.54, 1.807) is 0 Å². The Morgan fingerprint density at radius 1 is 1.50 bits per heavy atom. The van der Waals surface area contributed by atoms with Crippen molar-refractivity contribution in [3.63, 3.8) is 0 Å². The Bertz CT molecular complexity index is 500. The van der Waals surface area contributed by atoms with Gasteiger partial charge in [0.05, 0.1) is 11.0 Å². The topological polar surface area (TPSA) is 92.5 Å². The summed E-state index contributed by atoms with van der Waals surface area (Å²) in [5.41, 5.74) is -0.634. The summed E-state index contributed by atoms with van der Waals surface area (Å²) in [5, 5.41) is 22.1. The van der Waals surface area contributed by atoms with Crippen LogP contribution in [0.15, 0.2) is 18.2 Å². The molecule has 1 aromatic carbocycles. The van der Waals surface area contributed by atoms with E-state index in [2.05, 4.69) is 5.32 Å². The lowest BCUT2D eigenvalue weighted by Crippen LogP contribution is -2.46. The van der Waals surface area contributed by atoms with Crippen LogP contribution in [0.2, 0.25) is 0 Å². The minimum atomic E-state index is -1.04. The highest BCUT2D eigenvalue weighted by Gasteiger charge is 2.29. The van der Waals surface area contributed by atoms with Gasteiger partial charge in [-0.3, -0.25) is 14.9 Å². The SMILES string of the molecule is O=C(NC1CC(O)C1)c1ccc([N+](=O)[O-])c(F)c1. The molecule has 0 heterocycles. The first-order chi connectivity index (χ1) is 8.47. The molecule has 1 fully saturated rings. The van der Waals surface area contributed by atoms with Gasteiger partial charge in [-0.1, -0.05) is 0 Å². The fourth-order valence-electron chi connectivity index (χ4n) is 1.77. The maximum Gasteiger partial charge on any atom is 0.304 e. The second-order valence-corrected chi connectivity index (χ2v) is 4.22. The molecule has 2 rings (SSSR count). The number of aliphatic hydroxyl groups is 1. The maximum absolute atomic E-state index is 13.3. The molecular formula is C11H11FN2O4. The Morgan fingerprint density at radius 2 is 2.17 bits per heavy atom. The number of nitrogens with one attached hydrogen (secondary N) is 1. The zero-order valence-corrected chi connectivity index (χ0v) is 9.30. The third-order valence-corrected chi connectivity index (χ3v) is 2.85. The fraction of sp³-hybridized carbons (Fsp3) is 0.364. The van der Waals surface area contributed by atoms with Crippen LogP contribution in [0.3, 0.4) is 0 Å². The van der Waals surface area contributed by atoms with Crippen LogP contribution >= 0.6 is 0 Å². The molecule has 0 spiro atoms. The van der Waals surface area contributed by atoms with Gasteiger partial charge in [0.15, 0.2) is 0 Å². The van der Waals surface area contributed by atoms with Crippen molar-refractivity contribution in [3.05, 3.63) is 39.7 Å². The Balaban J connectivity index is 2.07. The Hall–Kier alpha value is -2.02. The van der Waals surface area contributed by atoms with E-state index >= 15 is 0 Å². The molecule has 7 heteroatoms. The van der Waals surface area contributed by atoms with Crippen molar-refractivity contribution in [2.24, 2.45) is 0 Å². The molecule has 0 saturated heterocycles. The van der Waals surface area contributed by atoms with Crippen molar-refractivity contribution in [1.82, 2.24) is 5.32 Å². The number of amides is 1. The third kappa shape index (κ3) is 2.45. The van der Waals surface area contributed by atoms with Crippen LogP contribution in [0.1, 0.15) is 23.2 Å². The first-order valence-electron chi connectivity index (χ1n) is 5.40. The van der Waals surface area contributed by atoms with E-state index in [1.807, 2.05) is 0 Å². The van der Waals surface area contributed by atoms with E-state index in [-0.39, 0.29) is 11.6 Å². The van der Waals surface area contributed by atoms with Gasteiger partial charge < -0.3 is 10.4 Å². The summed E-state index contributed by atoms with van der Waals surface area (Å²) in [6, 6.07) is 2.87. The summed E-state index contributed by atoms with van der Waals surface area (Å²) >= 11 is 0. The molecule has 1 aliphatic rings. The molecule has 1 amide bonds. The monoisotopic (exact) mass is 254 g/mol. The second-order valence-electron chi connectivity index (χ2n) is 4.22. The van der Waals surface area contributed by atoms with Crippen molar-refractivity contribution in [2.45, 2.75) is 25.0 Å². The normalized spacial score (nSPS) is 22.1. The highest BCUT2D eigenvalue weighted by atomic mass is 19.1. The van der Waals surface area contributed by atoms with Crippen LogP contribution in [0, 0.1) is 15.9 Å². The summed E-state index contributed by atoms with van der Waals surface area (Å²) in [6.07, 6.45) is 0.548. The molecule has 96 valence electrons. The van der Waals surface area contributed by atoms with Gasteiger partial charge in [0.1, 0.15) is 0 Å². The molecule has 0 radical (unpaired) electrons. The van der Waals surface area contributed by atoms with Crippen molar-refractivity contribution in [2.75, 3.05) is 0 Å². The summed E-state index contributed by atoms with van der Waals surface area (Å²) < 4.78 is 13.3. The van der Waals surface area contributed by atoms with Crippen LogP contribution < -0.4 is 5.32 Å². The summed E-state index contributed by atoms with van der Waals surface area (Å²) in [5.74, 6) is -1.54. The molecular weight excluding hydrogens is 243 g/mol. The number of hydrogen-bond donors (Lipinski definition) is 2. The minimum Gasteiger partial charge on any atom is -0.393 e. The molecule has 1 aromatic rings. The summed E-state index contributed by atoms with van der Waals surface area (Å²) in [4.78, 5) is 21.2. The van der Waals surface area contributed by atoms with E-state index in [0.717, 1.165) is 12.1 Å². The smallest absolute Gasteiger partial charge is 0.304 e. The molecule has 2 N–H and O–H groups in total. The Labute approximate surface area is 102 Å². The largest absolute Gasteiger partial charge is 0.393 e. The van der Waals surface area contributed by atoms with Crippen molar-refractivity contribution >= 4 is 11.6 Å². The average Bonchev–Trinajstić information content (AvgIpc) is 2.26. The molecule has 0 aliphatic heterocycles. The second kappa shape index (κ2) is 4.69. The standard InChI is InChI=1S/C11H11FN2O4/c12-9-3-6(1-2-10(9)14(17)18)11(16)13-7-4-8(15)5-7/h1-3,7-8,15H,4-5H2,(H,13,16). The Morgan fingerprint density at radius 3 is 2.67 bits per heavy atom. The first kappa shape index (κ1) is 12.4. The number of nitro benzene ring substituents is 1. The summed E-state index contributed by atoms with van der Waals surface area (Å²) in [6.45, 7) is 0. The number of nitro groups is 1. The van der Waals surface area contributed by atoms with E-state index < -0.39 is 28.4 Å². The van der Waals surface area contributed by atoms with Crippen LogP contribution in [-0.4, -0.2) is 28.1 Å². The van der Waals surface area contributed by atoms with Gasteiger partial charge in [0.2, 0.25) is 5.82 Å². The predicted molar refractivity (Wildman–Crippen MR) is 59.5 cm³/mol. The molecule has 1 saturated carbocycles. The van der Waals surface area contributed by atoms with Gasteiger partial charge in [-0.25, -0.2) is 0 Å². The highest BCUT2D eigenvalue weighted by molar-refractivity contribution is 5.94. The third-order valence-electron chi connectivity index (χ3n) is 2.85. The van der Waals surface area contributed by atoms with E-state index in [9.17, 15) is 19.3 Å². The molecule has 0 aromatic heterocycles. The first-order valence-corrected chi connectivity index (χ1v) is 5.40. The maximum atomic E-state index is 13.3. The van der Waals surface area contributed by atoms with Crippen LogP contribution in [0.4, 0.5) is 10.1 Å².